The van der Waals surface area contributed by atoms with Crippen LogP contribution >= 0.6 is 0 Å². The predicted molar refractivity (Wildman–Crippen MR) is 459 cm³/mol. The normalized spacial score (nSPS) is 11.5. The number of H-pyrrole nitrogens is 2. The van der Waals surface area contributed by atoms with Crippen molar-refractivity contribution in [1.82, 2.24) is 29.7 Å². The molecule has 586 valence electrons. The van der Waals surface area contributed by atoms with Crippen LogP contribution in [0.4, 0.5) is 26.3 Å². The minimum absolute atomic E-state index is 0.559. The van der Waals surface area contributed by atoms with Crippen LogP contribution in [-0.4, -0.2) is 29.7 Å². The second-order valence-corrected chi connectivity index (χ2v) is 30.0. The summed E-state index contributed by atoms with van der Waals surface area (Å²) in [6.07, 6.45) is 2.58. The molecule has 19 rings (SSSR count). The third-order valence-electron chi connectivity index (χ3n) is 21.8. The first-order valence-electron chi connectivity index (χ1n) is 39.0. The van der Waals surface area contributed by atoms with Crippen LogP contribution in [0.15, 0.2) is 280 Å². The molecular weight excluding hydrogens is 1470 g/mol. The van der Waals surface area contributed by atoms with Crippen molar-refractivity contribution in [2.24, 2.45) is 42.3 Å². The fourth-order valence-electron chi connectivity index (χ4n) is 16.0. The number of fused-ring (bicyclic) bond motifs is 15. The molecule has 0 aliphatic heterocycles. The molecule has 0 radical (unpaired) electrons. The summed E-state index contributed by atoms with van der Waals surface area (Å²) in [5.41, 5.74) is 19.9. The van der Waals surface area contributed by atoms with Crippen molar-refractivity contribution >= 4 is 98.0 Å². The molecule has 0 fully saturated rings. The molecule has 0 atom stereocenters. The molecule has 18 heteroatoms. The van der Waals surface area contributed by atoms with Crippen molar-refractivity contribution in [3.05, 3.63) is 330 Å². The van der Waals surface area contributed by atoms with E-state index < -0.39 is 23.5 Å². The van der Waals surface area contributed by atoms with Crippen LogP contribution in [0.25, 0.3) is 143 Å². The van der Waals surface area contributed by atoms with Gasteiger partial charge in [-0.25, -0.2) is 38.2 Å². The molecule has 0 saturated carbocycles. The highest BCUT2D eigenvalue weighted by Crippen LogP contribution is 2.39. The lowest BCUT2D eigenvalue weighted by atomic mass is 9.96. The summed E-state index contributed by atoms with van der Waals surface area (Å²) >= 11 is 0. The highest BCUT2D eigenvalue weighted by atomic mass is 19.4. The number of nitrogens with zero attached hydrogens (tertiary/aromatic N) is 10. The molecule has 6 aromatic heterocycles. The van der Waals surface area contributed by atoms with Crippen LogP contribution in [0.5, 0.6) is 0 Å². The third kappa shape index (κ3) is 16.4. The number of rotatable bonds is 6. The fourth-order valence-corrected chi connectivity index (χ4v) is 16.0. The van der Waals surface area contributed by atoms with Gasteiger partial charge in [-0.1, -0.05) is 177 Å². The van der Waals surface area contributed by atoms with E-state index in [9.17, 15) is 26.3 Å². The molecular formula is C99H94F6N12+6. The topological polar surface area (TPSA) is 98.5 Å². The first-order valence-corrected chi connectivity index (χ1v) is 39.0. The predicted octanol–water partition coefficient (Wildman–Crippen LogP) is 21.4. The van der Waals surface area contributed by atoms with Gasteiger partial charge in [0.05, 0.1) is 71.5 Å². The largest absolute Gasteiger partial charge is 0.416 e. The summed E-state index contributed by atoms with van der Waals surface area (Å²) in [7, 11) is 12.1. The average molecular weight is 1570 g/mol. The van der Waals surface area contributed by atoms with Crippen LogP contribution < -0.4 is 27.4 Å². The van der Waals surface area contributed by atoms with E-state index in [1.807, 2.05) is 102 Å². The second-order valence-electron chi connectivity index (χ2n) is 30.0. The number of aromatic amines is 2. The minimum atomic E-state index is -4.34. The molecule has 0 aliphatic carbocycles. The smallest absolute Gasteiger partial charge is 0.243 e. The summed E-state index contributed by atoms with van der Waals surface area (Å²) in [5, 5.41) is 17.4. The molecule has 0 saturated heterocycles. The van der Waals surface area contributed by atoms with Crippen LogP contribution in [0.3, 0.4) is 0 Å². The maximum atomic E-state index is 12.9. The van der Waals surface area contributed by atoms with Crippen molar-refractivity contribution < 1.29 is 53.7 Å². The van der Waals surface area contributed by atoms with Gasteiger partial charge in [-0.3, -0.25) is 0 Å². The zero-order chi connectivity index (χ0) is 82.7. The Labute approximate surface area is 676 Å². The summed E-state index contributed by atoms with van der Waals surface area (Å²) < 4.78 is 91.4. The Morgan fingerprint density at radius 2 is 0.889 bits per heavy atom. The van der Waals surface area contributed by atoms with Gasteiger partial charge in [0.25, 0.3) is 11.6 Å². The quantitative estimate of drug-likeness (QED) is 0.0986. The van der Waals surface area contributed by atoms with Gasteiger partial charge in [0.15, 0.2) is 40.7 Å². The highest BCUT2D eigenvalue weighted by Gasteiger charge is 2.34. The van der Waals surface area contributed by atoms with Gasteiger partial charge in [-0.05, 0) is 187 Å². The second kappa shape index (κ2) is 33.6. The summed E-state index contributed by atoms with van der Waals surface area (Å²) in [6.45, 7) is 17.3. The molecule has 2 N–H and O–H groups in total. The number of nitrogens with one attached hydrogen (secondary N) is 2. The van der Waals surface area contributed by atoms with Gasteiger partial charge < -0.3 is 0 Å². The molecule has 13 aromatic carbocycles. The monoisotopic (exact) mass is 1560 g/mol. The van der Waals surface area contributed by atoms with Gasteiger partial charge in [0, 0.05) is 28.0 Å². The standard InChI is InChI=1S/C19H17N2.C18H15N2.C17H16N.2C16H13F3N2.C13H18N3/c1-12-7-6-10-15-14-8-4-5-9-16(14)18-19(17(12)15)21(3)11-13(2)20-18;1-12-6-5-9-14-13-7-3-4-8-15(13)17-18(16(12)14)20(2)11-10-19-17;1-13-10-11-14-7-3-4-8-15(14)17(13)16-9-5-6-12-18(16)2;1-10-9-11(16(17,18)19)7-8-12(10)15-20-13-5-3-4-6-14(13)21(15)2;1-10-7-8-11(16(17,18)19)9-12(10)15-20-13-5-3-4-6-14(13)21(15)2;1-4-9-16-10-15(3)13(14-16)12-8-6-5-7-11(12)2/h4-11H,1-3H3;3-11H,1-2H3;3-12H,1-2H3;2*3-9H,1-2H3;5-8,10H,4,9H2,1-3H3/q3*+1;;;+1/p+2. The molecule has 19 aromatic rings. The van der Waals surface area contributed by atoms with E-state index in [0.717, 1.165) is 86.7 Å². The lowest BCUT2D eigenvalue weighted by molar-refractivity contribution is -0.661. The highest BCUT2D eigenvalue weighted by molar-refractivity contribution is 6.24. The number of imidazole rings is 2. The zero-order valence-electron chi connectivity index (χ0n) is 68.2. The third-order valence-corrected chi connectivity index (χ3v) is 21.8. The molecule has 117 heavy (non-hydrogen) atoms. The van der Waals surface area contributed by atoms with E-state index in [4.69, 9.17) is 4.98 Å². The lowest BCUT2D eigenvalue weighted by Gasteiger charge is -2.10. The van der Waals surface area contributed by atoms with Crippen molar-refractivity contribution in [3.63, 3.8) is 0 Å². The van der Waals surface area contributed by atoms with Gasteiger partial charge >= 0.3 is 18.2 Å². The summed E-state index contributed by atoms with van der Waals surface area (Å²) in [5.74, 6) is 2.49. The maximum Gasteiger partial charge on any atom is 0.416 e. The number of hydrogen-bond acceptors (Lipinski definition) is 3. The van der Waals surface area contributed by atoms with Crippen LogP contribution in [0.2, 0.25) is 0 Å². The molecule has 0 unspecified atom stereocenters. The number of pyridine rings is 1. The maximum absolute atomic E-state index is 12.9. The minimum Gasteiger partial charge on any atom is -0.243 e. The Hall–Kier alpha value is -13.4. The Balaban J connectivity index is 0.000000116. The van der Waals surface area contributed by atoms with E-state index in [2.05, 4.69) is 277 Å². The number of aryl methyl sites for hydroxylation is 14. The Kier molecular flexibility index (Phi) is 23.1. The van der Waals surface area contributed by atoms with Crippen molar-refractivity contribution in [2.75, 3.05) is 0 Å². The average Bonchev–Trinajstić information content (AvgIpc) is 1.35. The number of benzene rings is 13. The van der Waals surface area contributed by atoms with Crippen LogP contribution in [0.1, 0.15) is 63.5 Å². The van der Waals surface area contributed by atoms with Crippen LogP contribution in [-0.2, 0) is 61.2 Å². The van der Waals surface area contributed by atoms with Crippen molar-refractivity contribution in [2.45, 2.75) is 80.7 Å². The number of halogens is 6. The van der Waals surface area contributed by atoms with E-state index in [0.29, 0.717) is 17.0 Å². The van der Waals surface area contributed by atoms with Gasteiger partial charge in [-0.15, -0.1) is 4.68 Å². The molecule has 0 aliphatic rings. The Morgan fingerprint density at radius 3 is 1.48 bits per heavy atom. The van der Waals surface area contributed by atoms with E-state index in [-0.39, 0.29) is 0 Å². The summed E-state index contributed by atoms with van der Waals surface area (Å²) in [4.78, 5) is 15.9. The lowest BCUT2D eigenvalue weighted by Crippen LogP contribution is -2.30. The summed E-state index contributed by atoms with van der Waals surface area (Å²) in [6, 6.07) is 80.8. The zero-order valence-corrected chi connectivity index (χ0v) is 68.2. The van der Waals surface area contributed by atoms with Crippen LogP contribution in [0, 0.1) is 48.5 Å². The van der Waals surface area contributed by atoms with Crippen molar-refractivity contribution in [3.8, 4) is 45.4 Å². The molecule has 6 heterocycles. The number of para-hydroxylation sites is 4. The van der Waals surface area contributed by atoms with Gasteiger partial charge in [-0.2, -0.15) is 35.5 Å². The number of alkyl halides is 6. The first kappa shape index (κ1) is 80.3. The van der Waals surface area contributed by atoms with Gasteiger partial charge in [0.1, 0.15) is 44.4 Å². The SMILES string of the molecule is CCCn1c[n+](C)c(-c2ccccc2C)n1.Cc1c[n+](C)c2c(n1)c1ccccc1c1cccc(C)c12.Cc1cc(C(F)(F)F)ccc1-c1[nH]c2ccccc2[n+]1C.Cc1ccc(C(F)(F)F)cc1-c1[nH]c2ccccc2[n+]1C.Cc1ccc2ccccc2c1-c1cccc[n+]1C.Cc1cccc2c3ccccc3c3ncc[n+](C)c3c12. The molecule has 12 nitrogen and oxygen atoms in total. The van der Waals surface area contributed by atoms with Crippen molar-refractivity contribution in [1.29, 1.82) is 0 Å². The molecule has 0 amide bonds. The Bertz CT molecular complexity index is 6870. The first-order chi connectivity index (χ1) is 56.2. The van der Waals surface area contributed by atoms with E-state index in [1.54, 1.807) is 13.8 Å². The fraction of sp³-hybridized carbons (Fsp3) is 0.182. The van der Waals surface area contributed by atoms with E-state index in [1.165, 1.54) is 128 Å². The molecule has 0 bridgehead atoms. The molecule has 0 spiro atoms. The number of aromatic nitrogens is 12. The number of hydrogen-bond donors (Lipinski definition) is 2. The van der Waals surface area contributed by atoms with Gasteiger partial charge in [0.2, 0.25) is 23.1 Å². The Morgan fingerprint density at radius 1 is 0.393 bits per heavy atom. The van der Waals surface area contributed by atoms with E-state index >= 15 is 0 Å².